The van der Waals surface area contributed by atoms with Gasteiger partial charge in [-0.15, -0.1) is 0 Å². The van der Waals surface area contributed by atoms with Crippen molar-refractivity contribution in [3.8, 4) is 0 Å². The van der Waals surface area contributed by atoms with Crippen LogP contribution in [0.2, 0.25) is 5.22 Å². The summed E-state index contributed by atoms with van der Waals surface area (Å²) in [7, 11) is 3.64. The molecule has 1 aliphatic rings. The van der Waals surface area contributed by atoms with Crippen molar-refractivity contribution in [3.63, 3.8) is 0 Å². The van der Waals surface area contributed by atoms with E-state index in [1.165, 1.54) is 0 Å². The zero-order chi connectivity index (χ0) is 15.0. The highest BCUT2D eigenvalue weighted by Gasteiger charge is 2.22. The summed E-state index contributed by atoms with van der Waals surface area (Å²) >= 11 is 5.85. The van der Waals surface area contributed by atoms with E-state index in [0.717, 1.165) is 22.6 Å². The molecule has 2 aromatic rings. The van der Waals surface area contributed by atoms with E-state index in [-0.39, 0.29) is 12.1 Å². The van der Waals surface area contributed by atoms with E-state index in [9.17, 15) is 4.79 Å². The van der Waals surface area contributed by atoms with Gasteiger partial charge in [-0.3, -0.25) is 0 Å². The number of hydrogen-bond acceptors (Lipinski definition) is 3. The average Bonchev–Trinajstić information content (AvgIpc) is 2.87. The Labute approximate surface area is 127 Å². The summed E-state index contributed by atoms with van der Waals surface area (Å²) in [4.78, 5) is 13.3. The predicted molar refractivity (Wildman–Crippen MR) is 81.5 cm³/mol. The van der Waals surface area contributed by atoms with Crippen LogP contribution in [0.4, 0.5) is 10.5 Å². The Bertz CT molecular complexity index is 683. The molecule has 0 fully saturated rings. The van der Waals surface area contributed by atoms with Crippen LogP contribution >= 0.6 is 11.6 Å². The number of nitrogens with one attached hydrogen (secondary N) is 2. The van der Waals surface area contributed by atoms with Gasteiger partial charge >= 0.3 is 6.03 Å². The number of furan rings is 1. The number of urea groups is 1. The minimum absolute atomic E-state index is 0.0780. The largest absolute Gasteiger partial charge is 0.448 e. The number of amides is 2. The summed E-state index contributed by atoms with van der Waals surface area (Å²) in [5.74, 6) is 0.760. The Morgan fingerprint density at radius 3 is 2.86 bits per heavy atom. The Kier molecular flexibility index (Phi) is 3.61. The van der Waals surface area contributed by atoms with Gasteiger partial charge in [0, 0.05) is 19.3 Å². The normalized spacial score (nSPS) is 15.6. The molecule has 2 N–H and O–H groups in total. The summed E-state index contributed by atoms with van der Waals surface area (Å²) in [6.45, 7) is 0.588. The second-order valence-electron chi connectivity index (χ2n) is 5.07. The highest BCUT2D eigenvalue weighted by atomic mass is 35.5. The standard InChI is InChI=1S/C15H16ClN3O2/c1-17-14(12-5-6-13(16)21-12)9-3-4-11-10(7-9)8-19(2)15(20)18-11/h3-7,14,17H,8H2,1-2H3,(H,18,20). The van der Waals surface area contributed by atoms with Crippen LogP contribution in [0.15, 0.2) is 34.7 Å². The maximum absolute atomic E-state index is 11.6. The van der Waals surface area contributed by atoms with Crippen molar-refractivity contribution in [1.29, 1.82) is 0 Å². The van der Waals surface area contributed by atoms with Crippen LogP contribution < -0.4 is 10.6 Å². The number of rotatable bonds is 3. The van der Waals surface area contributed by atoms with E-state index >= 15 is 0 Å². The van der Waals surface area contributed by atoms with Crippen molar-refractivity contribution >= 4 is 23.3 Å². The molecule has 5 nitrogen and oxygen atoms in total. The van der Waals surface area contributed by atoms with Gasteiger partial charge in [0.15, 0.2) is 5.22 Å². The maximum atomic E-state index is 11.6. The van der Waals surface area contributed by atoms with Crippen molar-refractivity contribution in [2.75, 3.05) is 19.4 Å². The molecule has 2 amide bonds. The Balaban J connectivity index is 1.95. The minimum atomic E-state index is -0.0850. The Morgan fingerprint density at radius 2 is 2.19 bits per heavy atom. The fraction of sp³-hybridized carbons (Fsp3) is 0.267. The molecular weight excluding hydrogens is 290 g/mol. The lowest BCUT2D eigenvalue weighted by Gasteiger charge is -2.27. The van der Waals surface area contributed by atoms with Gasteiger partial charge in [0.05, 0.1) is 6.04 Å². The van der Waals surface area contributed by atoms with Crippen LogP contribution in [0.5, 0.6) is 0 Å². The lowest BCUT2D eigenvalue weighted by atomic mass is 9.99. The van der Waals surface area contributed by atoms with Gasteiger partial charge in [-0.05, 0) is 54.0 Å². The lowest BCUT2D eigenvalue weighted by Crippen LogP contribution is -2.35. The van der Waals surface area contributed by atoms with Crippen LogP contribution in [-0.2, 0) is 6.54 Å². The zero-order valence-corrected chi connectivity index (χ0v) is 12.6. The second-order valence-corrected chi connectivity index (χ2v) is 5.44. The van der Waals surface area contributed by atoms with Gasteiger partial charge in [-0.2, -0.15) is 0 Å². The first-order valence-electron chi connectivity index (χ1n) is 6.66. The van der Waals surface area contributed by atoms with Crippen molar-refractivity contribution in [3.05, 3.63) is 52.4 Å². The third-order valence-electron chi connectivity index (χ3n) is 3.63. The van der Waals surface area contributed by atoms with E-state index in [1.807, 2.05) is 25.2 Å². The summed E-state index contributed by atoms with van der Waals surface area (Å²) in [6.07, 6.45) is 0. The van der Waals surface area contributed by atoms with Gasteiger partial charge in [-0.1, -0.05) is 6.07 Å². The van der Waals surface area contributed by atoms with Crippen LogP contribution in [0.1, 0.15) is 22.9 Å². The molecule has 3 rings (SSSR count). The van der Waals surface area contributed by atoms with Crippen molar-refractivity contribution < 1.29 is 9.21 Å². The molecule has 0 saturated heterocycles. The summed E-state index contributed by atoms with van der Waals surface area (Å²) in [5.41, 5.74) is 2.99. The van der Waals surface area contributed by atoms with Crippen molar-refractivity contribution in [2.24, 2.45) is 0 Å². The molecule has 110 valence electrons. The van der Waals surface area contributed by atoms with E-state index in [1.54, 1.807) is 18.0 Å². The molecule has 1 atom stereocenters. The number of benzene rings is 1. The highest BCUT2D eigenvalue weighted by molar-refractivity contribution is 6.28. The molecule has 1 unspecified atom stereocenters. The zero-order valence-electron chi connectivity index (χ0n) is 11.8. The first-order valence-corrected chi connectivity index (χ1v) is 7.03. The number of carbonyl (C=O) groups is 1. The van der Waals surface area contributed by atoms with E-state index in [4.69, 9.17) is 16.0 Å². The first-order chi connectivity index (χ1) is 10.1. The molecular formula is C15H16ClN3O2. The van der Waals surface area contributed by atoms with Crippen molar-refractivity contribution in [1.82, 2.24) is 10.2 Å². The first kappa shape index (κ1) is 14.0. The smallest absolute Gasteiger partial charge is 0.321 e. The molecule has 21 heavy (non-hydrogen) atoms. The van der Waals surface area contributed by atoms with Crippen LogP contribution in [-0.4, -0.2) is 25.0 Å². The molecule has 1 aliphatic heterocycles. The van der Waals surface area contributed by atoms with E-state index in [0.29, 0.717) is 11.8 Å². The van der Waals surface area contributed by atoms with Crippen LogP contribution in [0.3, 0.4) is 0 Å². The number of carbonyl (C=O) groups excluding carboxylic acids is 1. The van der Waals surface area contributed by atoms with E-state index in [2.05, 4.69) is 16.7 Å². The summed E-state index contributed by atoms with van der Waals surface area (Å²) in [5, 5.41) is 6.45. The molecule has 1 aromatic heterocycles. The van der Waals surface area contributed by atoms with Crippen molar-refractivity contribution in [2.45, 2.75) is 12.6 Å². The van der Waals surface area contributed by atoms with Gasteiger partial charge < -0.3 is 20.0 Å². The number of fused-ring (bicyclic) bond motifs is 1. The van der Waals surface area contributed by atoms with E-state index < -0.39 is 0 Å². The number of hydrogen-bond donors (Lipinski definition) is 2. The third-order valence-corrected chi connectivity index (χ3v) is 3.83. The quantitative estimate of drug-likeness (QED) is 0.915. The Morgan fingerprint density at radius 1 is 1.38 bits per heavy atom. The SMILES string of the molecule is CNC(c1ccc2c(c1)CN(C)C(=O)N2)c1ccc(Cl)o1. The molecule has 2 heterocycles. The summed E-state index contributed by atoms with van der Waals surface area (Å²) in [6, 6.07) is 9.39. The third kappa shape index (κ3) is 2.62. The molecule has 0 radical (unpaired) electrons. The molecule has 0 aliphatic carbocycles. The lowest BCUT2D eigenvalue weighted by molar-refractivity contribution is 0.218. The second kappa shape index (κ2) is 5.42. The molecule has 0 spiro atoms. The number of halogens is 1. The molecule has 1 aromatic carbocycles. The molecule has 0 bridgehead atoms. The molecule has 0 saturated carbocycles. The fourth-order valence-corrected chi connectivity index (χ4v) is 2.69. The van der Waals surface area contributed by atoms with Gasteiger partial charge in [0.2, 0.25) is 0 Å². The highest BCUT2D eigenvalue weighted by Crippen LogP contribution is 2.30. The van der Waals surface area contributed by atoms with Crippen LogP contribution in [0.25, 0.3) is 0 Å². The monoisotopic (exact) mass is 305 g/mol. The van der Waals surface area contributed by atoms with Gasteiger partial charge in [0.25, 0.3) is 0 Å². The number of nitrogens with zero attached hydrogens (tertiary/aromatic N) is 1. The van der Waals surface area contributed by atoms with Gasteiger partial charge in [-0.25, -0.2) is 4.79 Å². The van der Waals surface area contributed by atoms with Gasteiger partial charge in [0.1, 0.15) is 5.76 Å². The predicted octanol–water partition coefficient (Wildman–Crippen LogP) is 3.22. The van der Waals surface area contributed by atoms with Crippen LogP contribution in [0, 0.1) is 0 Å². The minimum Gasteiger partial charge on any atom is -0.448 e. The topological polar surface area (TPSA) is 57.5 Å². The number of anilines is 1. The average molecular weight is 306 g/mol. The summed E-state index contributed by atoms with van der Waals surface area (Å²) < 4.78 is 5.50. The molecule has 6 heteroatoms. The Hall–Kier alpha value is -1.98. The maximum Gasteiger partial charge on any atom is 0.321 e. The fourth-order valence-electron chi connectivity index (χ4n) is 2.54.